The molecule has 2 heterocycles. The zero-order valence-electron chi connectivity index (χ0n) is 19.4. The molecule has 10 nitrogen and oxygen atoms in total. The van der Waals surface area contributed by atoms with Gasteiger partial charge in [-0.2, -0.15) is 4.68 Å². The Hall–Kier alpha value is -3.60. The number of aryl methyl sites for hydroxylation is 1. The molecule has 0 atom stereocenters. The Balaban J connectivity index is 1.26. The van der Waals surface area contributed by atoms with Gasteiger partial charge in [0.1, 0.15) is 0 Å². The second-order valence-electron chi connectivity index (χ2n) is 8.52. The molecule has 3 aromatic rings. The second-order valence-corrected chi connectivity index (χ2v) is 10.5. The fraction of sp³-hybridized carbons (Fsp3) is 0.375. The molecule has 11 heteroatoms. The van der Waals surface area contributed by atoms with Crippen molar-refractivity contribution in [1.82, 2.24) is 25.1 Å². The summed E-state index contributed by atoms with van der Waals surface area (Å²) in [5.41, 5.74) is 1.68. The number of hydrogen-bond donors (Lipinski definition) is 0. The summed E-state index contributed by atoms with van der Waals surface area (Å²) in [5.74, 6) is -0.212. The average molecular weight is 498 g/mol. The van der Waals surface area contributed by atoms with E-state index < -0.39 is 9.84 Å². The summed E-state index contributed by atoms with van der Waals surface area (Å²) >= 11 is 0. The minimum atomic E-state index is -3.31. The van der Waals surface area contributed by atoms with Crippen LogP contribution in [0.25, 0.3) is 5.69 Å². The van der Waals surface area contributed by atoms with E-state index in [1.54, 1.807) is 12.1 Å². The molecule has 0 spiro atoms. The first kappa shape index (κ1) is 24.5. The van der Waals surface area contributed by atoms with Crippen LogP contribution in [-0.4, -0.2) is 64.7 Å². The van der Waals surface area contributed by atoms with E-state index in [0.717, 1.165) is 11.8 Å². The van der Waals surface area contributed by atoms with E-state index in [1.165, 1.54) is 16.8 Å². The molecular weight excluding hydrogens is 470 g/mol. The number of benzene rings is 2. The van der Waals surface area contributed by atoms with E-state index in [9.17, 15) is 18.0 Å². The summed E-state index contributed by atoms with van der Waals surface area (Å²) in [4.78, 5) is 27.1. The predicted molar refractivity (Wildman–Crippen MR) is 126 cm³/mol. The van der Waals surface area contributed by atoms with Crippen molar-refractivity contribution in [3.8, 4) is 5.69 Å². The van der Waals surface area contributed by atoms with Crippen LogP contribution in [0, 0.1) is 5.92 Å². The van der Waals surface area contributed by atoms with E-state index in [-0.39, 0.29) is 29.3 Å². The molecule has 184 valence electrons. The number of tetrazole rings is 1. The van der Waals surface area contributed by atoms with Crippen molar-refractivity contribution in [2.45, 2.75) is 37.2 Å². The van der Waals surface area contributed by atoms with Crippen molar-refractivity contribution in [2.24, 2.45) is 5.92 Å². The van der Waals surface area contributed by atoms with Crippen LogP contribution in [0.15, 0.2) is 59.5 Å². The Kier molecular flexibility index (Phi) is 7.54. The SMILES string of the molecule is CS(=O)(=O)c1ccc(-n2nnnc2COC(=O)C2CCN(C(=O)CCc3ccccc3)CC2)cc1. The van der Waals surface area contributed by atoms with E-state index >= 15 is 0 Å². The number of aromatic nitrogens is 4. The van der Waals surface area contributed by atoms with Crippen molar-refractivity contribution in [3.63, 3.8) is 0 Å². The van der Waals surface area contributed by atoms with Crippen molar-refractivity contribution in [1.29, 1.82) is 0 Å². The molecule has 1 saturated heterocycles. The van der Waals surface area contributed by atoms with Gasteiger partial charge in [0.15, 0.2) is 22.3 Å². The summed E-state index contributed by atoms with van der Waals surface area (Å²) < 4.78 is 30.2. The largest absolute Gasteiger partial charge is 0.457 e. The third kappa shape index (κ3) is 6.30. The lowest BCUT2D eigenvalue weighted by Crippen LogP contribution is -2.40. The molecule has 0 saturated carbocycles. The Bertz CT molecular complexity index is 1270. The Morgan fingerprint density at radius 2 is 1.71 bits per heavy atom. The minimum Gasteiger partial charge on any atom is -0.457 e. The average Bonchev–Trinajstić information content (AvgIpc) is 3.35. The fourth-order valence-corrected chi connectivity index (χ4v) is 4.63. The molecule has 0 unspecified atom stereocenters. The maximum absolute atomic E-state index is 12.6. The number of esters is 1. The van der Waals surface area contributed by atoms with Crippen LogP contribution in [0.2, 0.25) is 0 Å². The number of amides is 1. The second kappa shape index (κ2) is 10.8. The van der Waals surface area contributed by atoms with Crippen LogP contribution in [0.4, 0.5) is 0 Å². The summed E-state index contributed by atoms with van der Waals surface area (Å²) in [5, 5.41) is 11.5. The molecule has 1 aliphatic rings. The van der Waals surface area contributed by atoms with Crippen molar-refractivity contribution in [3.05, 3.63) is 66.0 Å². The Morgan fingerprint density at radius 3 is 2.37 bits per heavy atom. The van der Waals surface area contributed by atoms with Gasteiger partial charge in [-0.25, -0.2) is 8.42 Å². The van der Waals surface area contributed by atoms with Crippen LogP contribution in [0.5, 0.6) is 0 Å². The fourth-order valence-electron chi connectivity index (χ4n) is 4.00. The molecule has 0 aliphatic carbocycles. The maximum atomic E-state index is 12.6. The zero-order valence-corrected chi connectivity index (χ0v) is 20.2. The maximum Gasteiger partial charge on any atom is 0.309 e. The number of carbonyl (C=O) groups excluding carboxylic acids is 2. The smallest absolute Gasteiger partial charge is 0.309 e. The van der Waals surface area contributed by atoms with Crippen LogP contribution < -0.4 is 0 Å². The molecule has 1 fully saturated rings. The normalized spacial score (nSPS) is 14.6. The van der Waals surface area contributed by atoms with Crippen molar-refractivity contribution >= 4 is 21.7 Å². The van der Waals surface area contributed by atoms with Gasteiger partial charge in [-0.1, -0.05) is 30.3 Å². The number of carbonyl (C=O) groups is 2. The molecule has 0 radical (unpaired) electrons. The molecule has 2 aromatic carbocycles. The molecule has 1 aromatic heterocycles. The molecule has 0 bridgehead atoms. The number of hydrogen-bond acceptors (Lipinski definition) is 8. The highest BCUT2D eigenvalue weighted by Gasteiger charge is 2.28. The lowest BCUT2D eigenvalue weighted by molar-refractivity contribution is -0.153. The van der Waals surface area contributed by atoms with Crippen molar-refractivity contribution < 1.29 is 22.7 Å². The number of piperidine rings is 1. The number of rotatable bonds is 8. The number of likely N-dealkylation sites (tertiary alicyclic amines) is 1. The van der Waals surface area contributed by atoms with Crippen LogP contribution in [0.3, 0.4) is 0 Å². The number of ether oxygens (including phenoxy) is 1. The number of nitrogens with zero attached hydrogens (tertiary/aromatic N) is 5. The van der Waals surface area contributed by atoms with Crippen molar-refractivity contribution in [2.75, 3.05) is 19.3 Å². The van der Waals surface area contributed by atoms with Gasteiger partial charge >= 0.3 is 5.97 Å². The highest BCUT2D eigenvalue weighted by Crippen LogP contribution is 2.21. The first-order valence-corrected chi connectivity index (χ1v) is 13.3. The highest BCUT2D eigenvalue weighted by molar-refractivity contribution is 7.90. The van der Waals surface area contributed by atoms with Gasteiger partial charge in [0.05, 0.1) is 16.5 Å². The summed E-state index contributed by atoms with van der Waals surface area (Å²) in [7, 11) is -3.31. The highest BCUT2D eigenvalue weighted by atomic mass is 32.2. The van der Waals surface area contributed by atoms with Gasteiger partial charge in [-0.05, 0) is 59.5 Å². The van der Waals surface area contributed by atoms with Crippen LogP contribution >= 0.6 is 0 Å². The first-order valence-electron chi connectivity index (χ1n) is 11.4. The molecule has 1 amide bonds. The summed E-state index contributed by atoms with van der Waals surface area (Å²) in [6.07, 6.45) is 3.39. The molecule has 0 N–H and O–H groups in total. The van der Waals surface area contributed by atoms with Gasteiger partial charge in [0.2, 0.25) is 5.91 Å². The molecule has 35 heavy (non-hydrogen) atoms. The monoisotopic (exact) mass is 497 g/mol. The quantitative estimate of drug-likeness (QED) is 0.433. The van der Waals surface area contributed by atoms with Gasteiger partial charge in [0.25, 0.3) is 0 Å². The van der Waals surface area contributed by atoms with Gasteiger partial charge in [-0.15, -0.1) is 5.10 Å². The Morgan fingerprint density at radius 1 is 1.03 bits per heavy atom. The lowest BCUT2D eigenvalue weighted by Gasteiger charge is -2.31. The van der Waals surface area contributed by atoms with E-state index in [1.807, 2.05) is 35.2 Å². The standard InChI is InChI=1S/C24H27N5O5S/c1-35(32,33)21-10-8-20(9-11-21)29-22(25-26-27-29)17-34-24(31)19-13-15-28(16-14-19)23(30)12-7-18-5-3-2-4-6-18/h2-6,8-11,19H,7,12-17H2,1H3. The molecular formula is C24H27N5O5S. The molecule has 1 aliphatic heterocycles. The van der Waals surface area contributed by atoms with E-state index in [0.29, 0.717) is 50.3 Å². The van der Waals surface area contributed by atoms with Gasteiger partial charge in [-0.3, -0.25) is 9.59 Å². The Labute approximate surface area is 203 Å². The molecule has 4 rings (SSSR count). The third-order valence-electron chi connectivity index (χ3n) is 6.04. The third-order valence-corrected chi connectivity index (χ3v) is 7.17. The summed E-state index contributed by atoms with van der Waals surface area (Å²) in [6, 6.07) is 16.0. The number of sulfone groups is 1. The minimum absolute atomic E-state index is 0.0988. The van der Waals surface area contributed by atoms with Crippen LogP contribution in [-0.2, 0) is 37.2 Å². The van der Waals surface area contributed by atoms with E-state index in [2.05, 4.69) is 15.5 Å². The topological polar surface area (TPSA) is 124 Å². The van der Waals surface area contributed by atoms with E-state index in [4.69, 9.17) is 4.74 Å². The zero-order chi connectivity index (χ0) is 24.8. The van der Waals surface area contributed by atoms with Gasteiger partial charge < -0.3 is 9.64 Å². The summed E-state index contributed by atoms with van der Waals surface area (Å²) in [6.45, 7) is 0.936. The predicted octanol–water partition coefficient (Wildman–Crippen LogP) is 1.98. The lowest BCUT2D eigenvalue weighted by atomic mass is 9.96. The van der Waals surface area contributed by atoms with Gasteiger partial charge in [0, 0.05) is 25.8 Å². The van der Waals surface area contributed by atoms with Crippen LogP contribution in [0.1, 0.15) is 30.7 Å². The first-order chi connectivity index (χ1) is 16.8.